The Kier molecular flexibility index (Phi) is 9.21. The molecule has 0 unspecified atom stereocenters. The topological polar surface area (TPSA) is 110 Å². The van der Waals surface area contributed by atoms with Crippen molar-refractivity contribution in [3.63, 3.8) is 0 Å². The summed E-state index contributed by atoms with van der Waals surface area (Å²) in [7, 11) is 3.34. The van der Waals surface area contributed by atoms with Gasteiger partial charge in [0.2, 0.25) is 0 Å². The molecule has 12 heteroatoms. The number of aromatic nitrogens is 4. The van der Waals surface area contributed by atoms with Crippen LogP contribution >= 0.6 is 23.4 Å². The van der Waals surface area contributed by atoms with E-state index in [1.807, 2.05) is 56.4 Å². The van der Waals surface area contributed by atoms with E-state index in [2.05, 4.69) is 68.0 Å². The molecule has 3 aromatic heterocycles. The lowest BCUT2D eigenvalue weighted by Gasteiger charge is -2.26. The lowest BCUT2D eigenvalue weighted by atomic mass is 10.1. The molecule has 52 heavy (non-hydrogen) atoms. The van der Waals surface area contributed by atoms with Gasteiger partial charge in [-0.3, -0.25) is 0 Å². The number of pyridine rings is 1. The van der Waals surface area contributed by atoms with Crippen molar-refractivity contribution in [3.05, 3.63) is 119 Å². The molecule has 1 saturated heterocycles. The Balaban J connectivity index is 1.07. The first-order valence-corrected chi connectivity index (χ1v) is 18.4. The Morgan fingerprint density at radius 3 is 2.27 bits per heavy atom. The summed E-state index contributed by atoms with van der Waals surface area (Å²) < 4.78 is 25.8. The lowest BCUT2D eigenvalue weighted by molar-refractivity contribution is -0.147. The predicted octanol–water partition coefficient (Wildman–Crippen LogP) is 8.23. The molecule has 8 rings (SSSR count). The fourth-order valence-electron chi connectivity index (χ4n) is 7.03. The van der Waals surface area contributed by atoms with Gasteiger partial charge >= 0.3 is 0 Å². The van der Waals surface area contributed by atoms with Gasteiger partial charge in [-0.15, -0.1) is 11.8 Å². The molecule has 0 saturated carbocycles. The lowest BCUT2D eigenvalue weighted by Crippen LogP contribution is -2.28. The van der Waals surface area contributed by atoms with E-state index in [-0.39, 0.29) is 18.2 Å². The number of thioether (sulfide) groups is 1. The quantitative estimate of drug-likeness (QED) is 0.103. The minimum absolute atomic E-state index is 0.0977. The first-order valence-electron chi connectivity index (χ1n) is 17.0. The molecular formula is C40H39ClN6O4S. The van der Waals surface area contributed by atoms with E-state index >= 15 is 0 Å². The first-order chi connectivity index (χ1) is 25.2. The third-order valence-corrected chi connectivity index (χ3v) is 10.9. The van der Waals surface area contributed by atoms with E-state index in [9.17, 15) is 0 Å². The number of hydrogen-bond acceptors (Lipinski definition) is 10. The van der Waals surface area contributed by atoms with E-state index in [0.717, 1.165) is 55.2 Å². The summed E-state index contributed by atoms with van der Waals surface area (Å²) in [6.07, 6.45) is 5.38. The maximum absolute atomic E-state index is 6.99. The molecule has 266 valence electrons. The van der Waals surface area contributed by atoms with Crippen molar-refractivity contribution in [2.45, 2.75) is 55.9 Å². The van der Waals surface area contributed by atoms with Crippen LogP contribution in [0.2, 0.25) is 5.02 Å². The maximum Gasteiger partial charge on any atom is 0.164 e. The van der Waals surface area contributed by atoms with Crippen LogP contribution in [0.25, 0.3) is 21.9 Å². The molecule has 0 radical (unpaired) electrons. The number of methoxy groups -OCH3 is 2. The van der Waals surface area contributed by atoms with E-state index in [0.29, 0.717) is 29.7 Å². The van der Waals surface area contributed by atoms with Crippen LogP contribution in [0, 0.1) is 0 Å². The van der Waals surface area contributed by atoms with Crippen LogP contribution in [0.4, 0.5) is 11.6 Å². The molecular weight excluding hydrogens is 696 g/mol. The number of anilines is 2. The minimum atomic E-state index is -0.708. The van der Waals surface area contributed by atoms with Gasteiger partial charge in [0.05, 0.1) is 36.2 Å². The number of hydrogen-bond donors (Lipinski definition) is 1. The van der Waals surface area contributed by atoms with Gasteiger partial charge in [0, 0.05) is 35.3 Å². The zero-order valence-corrected chi connectivity index (χ0v) is 30.9. The normalized spacial score (nSPS) is 19.2. The highest BCUT2D eigenvalue weighted by molar-refractivity contribution is 7.99. The summed E-state index contributed by atoms with van der Waals surface area (Å²) in [5.41, 5.74) is 11.2. The molecule has 1 aliphatic heterocycles. The van der Waals surface area contributed by atoms with Crippen molar-refractivity contribution in [2.75, 3.05) is 30.6 Å². The highest BCUT2D eigenvalue weighted by Gasteiger charge is 2.50. The van der Waals surface area contributed by atoms with Crippen LogP contribution in [0.5, 0.6) is 11.5 Å². The van der Waals surface area contributed by atoms with Gasteiger partial charge in [-0.25, -0.2) is 15.0 Å². The molecule has 2 N–H and O–H groups in total. The first kappa shape index (κ1) is 34.3. The second kappa shape index (κ2) is 14.0. The Morgan fingerprint density at radius 2 is 1.60 bits per heavy atom. The number of rotatable bonds is 11. The van der Waals surface area contributed by atoms with Crippen molar-refractivity contribution in [2.24, 2.45) is 0 Å². The predicted molar refractivity (Wildman–Crippen MR) is 206 cm³/mol. The zero-order chi connectivity index (χ0) is 36.0. The molecule has 3 aromatic carbocycles. The Hall–Kier alpha value is -4.81. The summed E-state index contributed by atoms with van der Waals surface area (Å²) in [4.78, 5) is 17.2. The number of nitrogen functional groups attached to an aromatic ring is 1. The van der Waals surface area contributed by atoms with E-state index < -0.39 is 5.79 Å². The fourth-order valence-corrected chi connectivity index (χ4v) is 8.26. The van der Waals surface area contributed by atoms with Crippen LogP contribution in [0.1, 0.15) is 31.0 Å². The summed E-state index contributed by atoms with van der Waals surface area (Å²) in [5, 5.41) is 2.39. The number of nitrogens with two attached hydrogens (primary N) is 1. The second-order valence-corrected chi connectivity index (χ2v) is 14.9. The smallest absolute Gasteiger partial charge is 0.164 e. The summed E-state index contributed by atoms with van der Waals surface area (Å²) in [6, 6.07) is 26.4. The van der Waals surface area contributed by atoms with Gasteiger partial charge in [-0.2, -0.15) is 0 Å². The highest BCUT2D eigenvalue weighted by atomic mass is 35.5. The third-order valence-electron chi connectivity index (χ3n) is 9.57. The van der Waals surface area contributed by atoms with Gasteiger partial charge in [-0.05, 0) is 79.1 Å². The molecule has 10 nitrogen and oxygen atoms in total. The molecule has 3 atom stereocenters. The number of fused-ring (bicyclic) bond motifs is 3. The molecule has 4 heterocycles. The monoisotopic (exact) mass is 734 g/mol. The molecule has 0 bridgehead atoms. The number of halogens is 1. The van der Waals surface area contributed by atoms with Crippen LogP contribution in [0.15, 0.2) is 108 Å². The van der Waals surface area contributed by atoms with Gasteiger partial charge < -0.3 is 34.1 Å². The van der Waals surface area contributed by atoms with Gasteiger partial charge in [0.1, 0.15) is 47.3 Å². The summed E-state index contributed by atoms with van der Waals surface area (Å²) in [6.45, 7) is 5.14. The fraction of sp³-hybridized carbons (Fsp3) is 0.275. The van der Waals surface area contributed by atoms with Crippen LogP contribution in [-0.4, -0.2) is 57.5 Å². The van der Waals surface area contributed by atoms with Crippen molar-refractivity contribution in [1.29, 1.82) is 0 Å². The largest absolute Gasteiger partial charge is 0.497 e. The van der Waals surface area contributed by atoms with Gasteiger partial charge in [-0.1, -0.05) is 48.0 Å². The van der Waals surface area contributed by atoms with Crippen LogP contribution in [0.3, 0.4) is 0 Å². The molecule has 6 aromatic rings. The molecule has 0 amide bonds. The van der Waals surface area contributed by atoms with Gasteiger partial charge in [0.25, 0.3) is 0 Å². The number of benzene rings is 3. The highest BCUT2D eigenvalue weighted by Crippen LogP contribution is 2.45. The second-order valence-electron chi connectivity index (χ2n) is 13.5. The standard InChI is InChI=1S/C40H39ClN6O4S/c1-40(2)50-35-27(18-34(36(35)51-40)47-16-15-31-37(42)43-23-44-38(31)47)22-52-30-14-9-26-17-32(41)39(45-33(26)19-30)46(20-24-5-10-28(48-3)11-6-24)21-25-7-12-29(49-4)13-8-25/h5-19,23,34-36H,20-22H2,1-4H3,(H2,42,43,44)/t34-,35-,36+/m1/s1. The average Bonchev–Trinajstić information content (AvgIpc) is 3.82. The maximum atomic E-state index is 6.99. The number of ether oxygens (including phenoxy) is 4. The van der Waals surface area contributed by atoms with Crippen LogP contribution < -0.4 is 20.1 Å². The van der Waals surface area contributed by atoms with Gasteiger partial charge in [0.15, 0.2) is 5.79 Å². The van der Waals surface area contributed by atoms with E-state index in [4.69, 9.17) is 41.3 Å². The third kappa shape index (κ3) is 6.77. The Morgan fingerprint density at radius 1 is 0.904 bits per heavy atom. The molecule has 0 spiro atoms. The van der Waals surface area contributed by atoms with Crippen LogP contribution in [-0.2, 0) is 22.6 Å². The molecule has 1 aliphatic carbocycles. The Labute approximate surface area is 311 Å². The van der Waals surface area contributed by atoms with Crippen molar-refractivity contribution < 1.29 is 18.9 Å². The van der Waals surface area contributed by atoms with Crippen molar-refractivity contribution in [3.8, 4) is 11.5 Å². The summed E-state index contributed by atoms with van der Waals surface area (Å²) in [5.74, 6) is 2.81. The van der Waals surface area contributed by atoms with E-state index in [1.54, 1.807) is 26.0 Å². The van der Waals surface area contributed by atoms with Crippen molar-refractivity contribution in [1.82, 2.24) is 19.5 Å². The number of nitrogens with zero attached hydrogens (tertiary/aromatic N) is 5. The molecule has 2 aliphatic rings. The zero-order valence-electron chi connectivity index (χ0n) is 29.3. The summed E-state index contributed by atoms with van der Waals surface area (Å²) >= 11 is 8.74. The minimum Gasteiger partial charge on any atom is -0.497 e. The van der Waals surface area contributed by atoms with Crippen molar-refractivity contribution >= 4 is 56.9 Å². The SMILES string of the molecule is COc1ccc(CN(Cc2ccc(OC)cc2)c2nc3cc(SCC4=C[C@@H](n5ccc6c(N)ncnc65)[C@@H]5OC(C)(C)O[C@H]45)ccc3cc2Cl)cc1. The van der Waals surface area contributed by atoms with E-state index in [1.165, 1.54) is 11.9 Å². The average molecular weight is 735 g/mol. The Bertz CT molecular complexity index is 2230. The molecule has 1 fully saturated rings.